The summed E-state index contributed by atoms with van der Waals surface area (Å²) in [6.07, 6.45) is 2.95. The van der Waals surface area contributed by atoms with Crippen molar-refractivity contribution in [1.82, 2.24) is 9.80 Å². The number of phenolic OH excluding ortho intramolecular Hbond substituents is 4. The Morgan fingerprint density at radius 3 is 2.00 bits per heavy atom. The molecule has 4 aromatic carbocycles. The second-order valence-corrected chi connectivity index (χ2v) is 12.0. The first-order chi connectivity index (χ1) is 21.2. The lowest BCUT2D eigenvalue weighted by atomic mass is 9.81. The SMILES string of the molecule is COc1cc2c(cc1O)C(Cc1ccc(O)c(-c3c(O)c(OC)cc4c3C(Cc3ccc(O)cc3)N(C)CC4)c1)N(C)CC2. The zero-order chi connectivity index (χ0) is 31.1. The molecule has 44 heavy (non-hydrogen) atoms. The molecule has 2 heterocycles. The molecule has 0 saturated heterocycles. The Bertz CT molecular complexity index is 1690. The molecule has 2 unspecified atom stereocenters. The zero-order valence-electron chi connectivity index (χ0n) is 25.7. The molecule has 0 fully saturated rings. The van der Waals surface area contributed by atoms with Gasteiger partial charge in [0.05, 0.1) is 14.2 Å². The summed E-state index contributed by atoms with van der Waals surface area (Å²) in [5.74, 6) is 1.27. The molecule has 8 nitrogen and oxygen atoms in total. The average molecular weight is 597 g/mol. The van der Waals surface area contributed by atoms with Crippen LogP contribution in [0.2, 0.25) is 0 Å². The molecule has 0 radical (unpaired) electrons. The minimum atomic E-state index is -0.0764. The van der Waals surface area contributed by atoms with Gasteiger partial charge >= 0.3 is 0 Å². The smallest absolute Gasteiger partial charge is 0.166 e. The summed E-state index contributed by atoms with van der Waals surface area (Å²) >= 11 is 0. The third kappa shape index (κ3) is 5.40. The highest BCUT2D eigenvalue weighted by atomic mass is 16.5. The molecule has 2 atom stereocenters. The molecule has 2 aliphatic heterocycles. The summed E-state index contributed by atoms with van der Waals surface area (Å²) in [6, 6.07) is 18.4. The van der Waals surface area contributed by atoms with Crippen LogP contribution in [0.3, 0.4) is 0 Å². The van der Waals surface area contributed by atoms with Crippen molar-refractivity contribution in [3.8, 4) is 45.6 Å². The van der Waals surface area contributed by atoms with E-state index in [-0.39, 0.29) is 35.1 Å². The van der Waals surface area contributed by atoms with Crippen molar-refractivity contribution in [3.05, 3.63) is 94.0 Å². The topological polar surface area (TPSA) is 106 Å². The predicted molar refractivity (Wildman–Crippen MR) is 170 cm³/mol. The number of benzene rings is 4. The number of likely N-dealkylation sites (N-methyl/N-ethyl adjacent to an activating group) is 2. The van der Waals surface area contributed by atoms with Crippen LogP contribution < -0.4 is 9.47 Å². The van der Waals surface area contributed by atoms with Crippen molar-refractivity contribution in [2.75, 3.05) is 41.4 Å². The van der Waals surface area contributed by atoms with Crippen molar-refractivity contribution in [1.29, 1.82) is 0 Å². The highest BCUT2D eigenvalue weighted by molar-refractivity contribution is 5.83. The summed E-state index contributed by atoms with van der Waals surface area (Å²) < 4.78 is 11.0. The van der Waals surface area contributed by atoms with E-state index in [0.717, 1.165) is 59.3 Å². The van der Waals surface area contributed by atoms with E-state index in [2.05, 4.69) is 23.9 Å². The minimum absolute atomic E-state index is 0.00172. The predicted octanol–water partition coefficient (Wildman–Crippen LogP) is 5.74. The summed E-state index contributed by atoms with van der Waals surface area (Å²) in [7, 11) is 7.27. The maximum absolute atomic E-state index is 11.7. The van der Waals surface area contributed by atoms with E-state index in [1.807, 2.05) is 42.5 Å². The molecular weight excluding hydrogens is 556 g/mol. The van der Waals surface area contributed by atoms with Gasteiger partial charge in [0.15, 0.2) is 23.0 Å². The number of rotatable bonds is 7. The zero-order valence-corrected chi connectivity index (χ0v) is 25.7. The first-order valence-electron chi connectivity index (χ1n) is 15.0. The molecule has 0 spiro atoms. The molecule has 0 saturated carbocycles. The van der Waals surface area contributed by atoms with Crippen LogP contribution in [0.4, 0.5) is 0 Å². The Labute approximate surface area is 258 Å². The van der Waals surface area contributed by atoms with Gasteiger partial charge in [0, 0.05) is 36.3 Å². The van der Waals surface area contributed by atoms with Gasteiger partial charge < -0.3 is 29.9 Å². The molecular formula is C36H40N2O6. The molecule has 4 N–H and O–H groups in total. The lowest BCUT2D eigenvalue weighted by molar-refractivity contribution is 0.228. The number of fused-ring (bicyclic) bond motifs is 2. The summed E-state index contributed by atoms with van der Waals surface area (Å²) in [5.41, 5.74) is 7.44. The average Bonchev–Trinajstić information content (AvgIpc) is 3.01. The monoisotopic (exact) mass is 596 g/mol. The second kappa shape index (κ2) is 11.9. The first-order valence-corrected chi connectivity index (χ1v) is 15.0. The summed E-state index contributed by atoms with van der Waals surface area (Å²) in [4.78, 5) is 4.56. The number of ether oxygens (including phenoxy) is 2. The van der Waals surface area contributed by atoms with E-state index < -0.39 is 0 Å². The Hall–Kier alpha value is -4.40. The number of hydrogen-bond acceptors (Lipinski definition) is 8. The molecule has 0 bridgehead atoms. The normalized spacial score (nSPS) is 18.5. The fourth-order valence-corrected chi connectivity index (χ4v) is 6.92. The van der Waals surface area contributed by atoms with Gasteiger partial charge in [-0.1, -0.05) is 18.2 Å². The van der Waals surface area contributed by atoms with Crippen LogP contribution in [0.25, 0.3) is 11.1 Å². The first kappa shape index (κ1) is 29.7. The molecule has 6 rings (SSSR count). The van der Waals surface area contributed by atoms with Gasteiger partial charge in [0.25, 0.3) is 0 Å². The number of phenols is 4. The van der Waals surface area contributed by atoms with E-state index >= 15 is 0 Å². The number of methoxy groups -OCH3 is 2. The maximum Gasteiger partial charge on any atom is 0.166 e. The highest BCUT2D eigenvalue weighted by Crippen LogP contribution is 2.50. The fourth-order valence-electron chi connectivity index (χ4n) is 6.92. The van der Waals surface area contributed by atoms with Gasteiger partial charge in [-0.3, -0.25) is 9.80 Å². The number of aromatic hydroxyl groups is 4. The van der Waals surface area contributed by atoms with Crippen LogP contribution in [0.1, 0.15) is 45.5 Å². The van der Waals surface area contributed by atoms with E-state index in [1.165, 1.54) is 0 Å². The molecule has 0 amide bonds. The molecule has 4 aromatic rings. The Morgan fingerprint density at radius 2 is 1.30 bits per heavy atom. The quantitative estimate of drug-likeness (QED) is 0.214. The molecule has 0 aliphatic carbocycles. The lowest BCUT2D eigenvalue weighted by Gasteiger charge is -2.37. The van der Waals surface area contributed by atoms with Crippen molar-refractivity contribution in [2.24, 2.45) is 0 Å². The molecule has 2 aliphatic rings. The molecule has 8 heteroatoms. The minimum Gasteiger partial charge on any atom is -0.508 e. The maximum atomic E-state index is 11.7. The van der Waals surface area contributed by atoms with E-state index in [9.17, 15) is 20.4 Å². The van der Waals surface area contributed by atoms with Crippen molar-refractivity contribution < 1.29 is 29.9 Å². The Kier molecular flexibility index (Phi) is 8.05. The summed E-state index contributed by atoms with van der Waals surface area (Å²) in [6.45, 7) is 1.70. The van der Waals surface area contributed by atoms with Crippen molar-refractivity contribution >= 4 is 0 Å². The lowest BCUT2D eigenvalue weighted by Crippen LogP contribution is -2.34. The highest BCUT2D eigenvalue weighted by Gasteiger charge is 2.33. The molecule has 0 aromatic heterocycles. The van der Waals surface area contributed by atoms with Crippen LogP contribution in [0.5, 0.6) is 34.5 Å². The van der Waals surface area contributed by atoms with E-state index in [1.54, 1.807) is 32.4 Å². The second-order valence-electron chi connectivity index (χ2n) is 12.0. The van der Waals surface area contributed by atoms with Crippen LogP contribution in [0, 0.1) is 0 Å². The Morgan fingerprint density at radius 1 is 0.682 bits per heavy atom. The Balaban J connectivity index is 1.45. The van der Waals surface area contributed by atoms with Gasteiger partial charge in [-0.05, 0) is 116 Å². The van der Waals surface area contributed by atoms with Crippen LogP contribution in [-0.2, 0) is 25.7 Å². The van der Waals surface area contributed by atoms with Crippen LogP contribution in [0.15, 0.2) is 60.7 Å². The van der Waals surface area contributed by atoms with Crippen LogP contribution in [-0.4, -0.2) is 71.6 Å². The van der Waals surface area contributed by atoms with Gasteiger partial charge in [0.1, 0.15) is 11.5 Å². The molecule has 230 valence electrons. The van der Waals surface area contributed by atoms with Crippen molar-refractivity contribution in [3.63, 3.8) is 0 Å². The van der Waals surface area contributed by atoms with Gasteiger partial charge in [-0.2, -0.15) is 0 Å². The standard InChI is InChI=1S/C36H40N2O6/c1-37-13-11-23-18-32(43-3)31(41)20-26(23)28(37)17-22-7-10-30(40)27(15-22)35-34-24(19-33(44-4)36(35)42)12-14-38(2)29(34)16-21-5-8-25(39)9-6-21/h5-10,15,18-20,28-29,39-42H,11-14,16-17H2,1-4H3. The van der Waals surface area contributed by atoms with E-state index in [0.29, 0.717) is 35.5 Å². The number of hydrogen-bond donors (Lipinski definition) is 4. The van der Waals surface area contributed by atoms with Gasteiger partial charge in [-0.25, -0.2) is 0 Å². The van der Waals surface area contributed by atoms with E-state index in [4.69, 9.17) is 9.47 Å². The van der Waals surface area contributed by atoms with Crippen LogP contribution >= 0.6 is 0 Å². The third-order valence-electron chi connectivity index (χ3n) is 9.40. The largest absolute Gasteiger partial charge is 0.508 e. The van der Waals surface area contributed by atoms with Gasteiger partial charge in [-0.15, -0.1) is 0 Å². The summed E-state index contributed by atoms with van der Waals surface area (Å²) in [5, 5.41) is 43.4. The third-order valence-corrected chi connectivity index (χ3v) is 9.40. The fraction of sp³-hybridized carbons (Fsp3) is 0.333. The van der Waals surface area contributed by atoms with Gasteiger partial charge in [0.2, 0.25) is 0 Å². The van der Waals surface area contributed by atoms with Crippen molar-refractivity contribution in [2.45, 2.75) is 37.8 Å². The number of nitrogens with zero attached hydrogens (tertiary/aromatic N) is 2.